The van der Waals surface area contributed by atoms with E-state index >= 15 is 0 Å². The third-order valence-electron chi connectivity index (χ3n) is 3.80. The van der Waals surface area contributed by atoms with Gasteiger partial charge in [0.25, 0.3) is 0 Å². The number of carbonyl (C=O) groups excluding carboxylic acids is 1. The zero-order valence-electron chi connectivity index (χ0n) is 12.6. The van der Waals surface area contributed by atoms with Gasteiger partial charge in [-0.05, 0) is 35.6 Å². The van der Waals surface area contributed by atoms with Crippen LogP contribution in [-0.2, 0) is 11.2 Å². The van der Waals surface area contributed by atoms with Gasteiger partial charge in [-0.2, -0.15) is 0 Å². The molecule has 0 fully saturated rings. The molecule has 2 rings (SSSR count). The molecule has 0 saturated carbocycles. The predicted molar refractivity (Wildman–Crippen MR) is 86.2 cm³/mol. The van der Waals surface area contributed by atoms with E-state index in [4.69, 9.17) is 5.11 Å². The predicted octanol–water partition coefficient (Wildman–Crippen LogP) is 3.00. The minimum atomic E-state index is 0.148. The van der Waals surface area contributed by atoms with Crippen LogP contribution in [0.3, 0.4) is 0 Å². The summed E-state index contributed by atoms with van der Waals surface area (Å²) < 4.78 is 0. The molecule has 21 heavy (non-hydrogen) atoms. The second kappa shape index (κ2) is 7.79. The number of hydrogen-bond acceptors (Lipinski definition) is 2. The molecule has 0 aliphatic heterocycles. The first-order chi connectivity index (χ1) is 10.2. The van der Waals surface area contributed by atoms with Crippen molar-refractivity contribution in [2.24, 2.45) is 0 Å². The Morgan fingerprint density at radius 1 is 1.05 bits per heavy atom. The maximum Gasteiger partial charge on any atom is 0.226 e. The molecule has 0 unspecified atom stereocenters. The number of rotatable bonds is 7. The number of hydrogen-bond donors (Lipinski definition) is 1. The van der Waals surface area contributed by atoms with Crippen molar-refractivity contribution in [1.29, 1.82) is 0 Å². The van der Waals surface area contributed by atoms with Gasteiger partial charge in [0.05, 0.1) is 6.42 Å². The lowest BCUT2D eigenvalue weighted by Gasteiger charge is -2.17. The number of likely N-dealkylation sites (N-methyl/N-ethyl adjacent to an activating group) is 1. The van der Waals surface area contributed by atoms with E-state index in [-0.39, 0.29) is 12.5 Å². The van der Waals surface area contributed by atoms with E-state index in [9.17, 15) is 4.79 Å². The van der Waals surface area contributed by atoms with Crippen LogP contribution >= 0.6 is 0 Å². The van der Waals surface area contributed by atoms with E-state index in [1.165, 1.54) is 5.39 Å². The molecule has 0 atom stereocenters. The summed E-state index contributed by atoms with van der Waals surface area (Å²) >= 11 is 0. The van der Waals surface area contributed by atoms with Crippen molar-refractivity contribution in [3.8, 4) is 0 Å². The molecule has 0 aromatic heterocycles. The highest BCUT2D eigenvalue weighted by atomic mass is 16.2. The number of fused-ring (bicyclic) bond motifs is 1. The Labute approximate surface area is 126 Å². The fraction of sp³-hybridized carbons (Fsp3) is 0.389. The minimum absolute atomic E-state index is 0.148. The van der Waals surface area contributed by atoms with E-state index in [1.54, 1.807) is 4.90 Å². The Balaban J connectivity index is 1.98. The highest BCUT2D eigenvalue weighted by Crippen LogP contribution is 2.19. The van der Waals surface area contributed by atoms with Gasteiger partial charge in [-0.1, -0.05) is 42.5 Å². The van der Waals surface area contributed by atoms with Crippen molar-refractivity contribution in [3.63, 3.8) is 0 Å². The highest BCUT2D eigenvalue weighted by Gasteiger charge is 2.11. The van der Waals surface area contributed by atoms with Crippen molar-refractivity contribution >= 4 is 16.7 Å². The van der Waals surface area contributed by atoms with E-state index in [1.807, 2.05) is 31.3 Å². The zero-order valence-corrected chi connectivity index (χ0v) is 12.6. The molecule has 1 amide bonds. The number of unbranched alkanes of at least 4 members (excludes halogenated alkanes) is 2. The topological polar surface area (TPSA) is 40.5 Å². The van der Waals surface area contributed by atoms with Crippen LogP contribution in [0.4, 0.5) is 0 Å². The monoisotopic (exact) mass is 285 g/mol. The molecule has 0 bridgehead atoms. The maximum atomic E-state index is 12.3. The summed E-state index contributed by atoms with van der Waals surface area (Å²) in [5.74, 6) is 0.148. The smallest absolute Gasteiger partial charge is 0.226 e. The quantitative estimate of drug-likeness (QED) is 0.794. The summed E-state index contributed by atoms with van der Waals surface area (Å²) in [6.45, 7) is 0.983. The summed E-state index contributed by atoms with van der Waals surface area (Å²) in [6, 6.07) is 14.3. The van der Waals surface area contributed by atoms with Crippen molar-refractivity contribution < 1.29 is 9.90 Å². The second-order valence-electron chi connectivity index (χ2n) is 5.41. The number of amides is 1. The van der Waals surface area contributed by atoms with Crippen molar-refractivity contribution in [2.45, 2.75) is 25.7 Å². The van der Waals surface area contributed by atoms with Crippen LogP contribution in [-0.4, -0.2) is 36.1 Å². The van der Waals surface area contributed by atoms with Gasteiger partial charge < -0.3 is 10.0 Å². The Morgan fingerprint density at radius 3 is 2.62 bits per heavy atom. The zero-order chi connectivity index (χ0) is 15.1. The van der Waals surface area contributed by atoms with E-state index < -0.39 is 0 Å². The van der Waals surface area contributed by atoms with Crippen molar-refractivity contribution in [1.82, 2.24) is 4.90 Å². The lowest BCUT2D eigenvalue weighted by Crippen LogP contribution is -2.29. The number of aliphatic hydroxyl groups excluding tert-OH is 1. The van der Waals surface area contributed by atoms with Crippen LogP contribution < -0.4 is 0 Å². The molecule has 0 aliphatic carbocycles. The number of benzene rings is 2. The molecule has 3 heteroatoms. The van der Waals surface area contributed by atoms with Gasteiger partial charge in [-0.3, -0.25) is 4.79 Å². The van der Waals surface area contributed by atoms with E-state index in [0.29, 0.717) is 6.42 Å². The molecule has 0 aliphatic rings. The molecule has 0 heterocycles. The van der Waals surface area contributed by atoms with Crippen LogP contribution in [0.15, 0.2) is 42.5 Å². The van der Waals surface area contributed by atoms with Crippen LogP contribution in [0, 0.1) is 0 Å². The summed E-state index contributed by atoms with van der Waals surface area (Å²) in [5.41, 5.74) is 1.08. The van der Waals surface area contributed by atoms with Crippen LogP contribution in [0.1, 0.15) is 24.8 Å². The number of nitrogens with zero attached hydrogens (tertiary/aromatic N) is 1. The van der Waals surface area contributed by atoms with Crippen molar-refractivity contribution in [3.05, 3.63) is 48.0 Å². The Bertz CT molecular complexity index is 589. The van der Waals surface area contributed by atoms with Crippen LogP contribution in [0.2, 0.25) is 0 Å². The summed E-state index contributed by atoms with van der Waals surface area (Å²) in [4.78, 5) is 14.1. The molecule has 0 spiro atoms. The maximum absolute atomic E-state index is 12.3. The van der Waals surface area contributed by atoms with E-state index in [0.717, 1.165) is 36.8 Å². The highest BCUT2D eigenvalue weighted by molar-refractivity contribution is 5.90. The molecule has 2 aromatic carbocycles. The Kier molecular flexibility index (Phi) is 5.76. The first kappa shape index (κ1) is 15.5. The van der Waals surface area contributed by atoms with Crippen LogP contribution in [0.25, 0.3) is 10.8 Å². The SMILES string of the molecule is CN(CCCCCO)C(=O)Cc1cccc2ccccc12. The molecule has 0 saturated heterocycles. The minimum Gasteiger partial charge on any atom is -0.396 e. The lowest BCUT2D eigenvalue weighted by molar-refractivity contribution is -0.129. The van der Waals surface area contributed by atoms with Gasteiger partial charge in [0.2, 0.25) is 5.91 Å². The van der Waals surface area contributed by atoms with Gasteiger partial charge in [-0.25, -0.2) is 0 Å². The summed E-state index contributed by atoms with van der Waals surface area (Å²) in [5, 5.41) is 11.1. The molecular weight excluding hydrogens is 262 g/mol. The van der Waals surface area contributed by atoms with E-state index in [2.05, 4.69) is 18.2 Å². The first-order valence-corrected chi connectivity index (χ1v) is 7.54. The number of carbonyl (C=O) groups is 1. The molecule has 0 radical (unpaired) electrons. The van der Waals surface area contributed by atoms with Gasteiger partial charge in [-0.15, -0.1) is 0 Å². The third kappa shape index (κ3) is 4.30. The summed E-state index contributed by atoms with van der Waals surface area (Å²) in [6.07, 6.45) is 3.16. The van der Waals surface area contributed by atoms with Gasteiger partial charge in [0.15, 0.2) is 0 Å². The lowest BCUT2D eigenvalue weighted by atomic mass is 10.0. The van der Waals surface area contributed by atoms with Crippen LogP contribution in [0.5, 0.6) is 0 Å². The summed E-state index contributed by atoms with van der Waals surface area (Å²) in [7, 11) is 1.85. The second-order valence-corrected chi connectivity index (χ2v) is 5.41. The Morgan fingerprint density at radius 2 is 1.81 bits per heavy atom. The normalized spacial score (nSPS) is 10.8. The largest absolute Gasteiger partial charge is 0.396 e. The molecular formula is C18H23NO2. The standard InChI is InChI=1S/C18H23NO2/c1-19(12-5-2-6-13-20)18(21)14-16-10-7-9-15-8-3-4-11-17(15)16/h3-4,7-11,20H,2,5-6,12-14H2,1H3. The molecule has 3 nitrogen and oxygen atoms in total. The first-order valence-electron chi connectivity index (χ1n) is 7.54. The van der Waals surface area contributed by atoms with Gasteiger partial charge in [0.1, 0.15) is 0 Å². The fourth-order valence-electron chi connectivity index (χ4n) is 2.51. The molecule has 112 valence electrons. The number of aliphatic hydroxyl groups is 1. The van der Waals surface area contributed by atoms with Gasteiger partial charge in [0, 0.05) is 20.2 Å². The average Bonchev–Trinajstić information content (AvgIpc) is 2.51. The molecule has 1 N–H and O–H groups in total. The van der Waals surface area contributed by atoms with Crippen molar-refractivity contribution in [2.75, 3.05) is 20.2 Å². The van der Waals surface area contributed by atoms with Gasteiger partial charge >= 0.3 is 0 Å². The third-order valence-corrected chi connectivity index (χ3v) is 3.80. The fourth-order valence-corrected chi connectivity index (χ4v) is 2.51. The molecule has 2 aromatic rings. The Hall–Kier alpha value is -1.87. The average molecular weight is 285 g/mol.